The number of rotatable bonds is 6. The van der Waals surface area contributed by atoms with Gasteiger partial charge in [0.2, 0.25) is 10.0 Å². The first-order valence-corrected chi connectivity index (χ1v) is 11.3. The Bertz CT molecular complexity index is 1380. The Morgan fingerprint density at radius 3 is 2.38 bits per heavy atom. The van der Waals surface area contributed by atoms with Gasteiger partial charge < -0.3 is 5.32 Å². The van der Waals surface area contributed by atoms with Crippen LogP contribution in [-0.2, 0) is 10.0 Å². The summed E-state index contributed by atoms with van der Waals surface area (Å²) in [6.07, 6.45) is 1.31. The number of sulfonamides is 1. The molecule has 8 nitrogen and oxygen atoms in total. The molecule has 0 radical (unpaired) electrons. The van der Waals surface area contributed by atoms with Crippen LogP contribution in [0.15, 0.2) is 59.8 Å². The number of aromatic nitrogens is 4. The summed E-state index contributed by atoms with van der Waals surface area (Å²) >= 11 is 0. The second kappa shape index (κ2) is 8.56. The average Bonchev–Trinajstić information content (AvgIpc) is 2.79. The summed E-state index contributed by atoms with van der Waals surface area (Å²) < 4.78 is 41.3. The highest BCUT2D eigenvalue weighted by atomic mass is 32.2. The van der Waals surface area contributed by atoms with Gasteiger partial charge in [-0.2, -0.15) is 10.2 Å². The third kappa shape index (κ3) is 4.27. The van der Waals surface area contributed by atoms with Crippen LogP contribution in [0, 0.1) is 12.7 Å². The van der Waals surface area contributed by atoms with Crippen LogP contribution in [0.4, 0.5) is 10.2 Å². The van der Waals surface area contributed by atoms with E-state index in [1.54, 1.807) is 18.2 Å². The fourth-order valence-electron chi connectivity index (χ4n) is 3.29. The van der Waals surface area contributed by atoms with Crippen molar-refractivity contribution in [3.05, 3.63) is 72.1 Å². The molecule has 164 valence electrons. The SMILES string of the molecule is CNS(=O)(=O)c1cc(-c2ccc(F)cc2)cc2c(NC(C)c3ccc(C)nn3)ncnc12. The van der Waals surface area contributed by atoms with Crippen LogP contribution < -0.4 is 10.0 Å². The molecule has 0 aliphatic heterocycles. The lowest BCUT2D eigenvalue weighted by molar-refractivity contribution is 0.589. The van der Waals surface area contributed by atoms with Crippen LogP contribution in [-0.4, -0.2) is 35.6 Å². The monoisotopic (exact) mass is 452 g/mol. The van der Waals surface area contributed by atoms with Crippen LogP contribution in [0.1, 0.15) is 24.4 Å². The topological polar surface area (TPSA) is 110 Å². The number of nitrogens with zero attached hydrogens (tertiary/aromatic N) is 4. The first-order chi connectivity index (χ1) is 15.3. The third-order valence-electron chi connectivity index (χ3n) is 5.05. The third-order valence-corrected chi connectivity index (χ3v) is 6.48. The van der Waals surface area contributed by atoms with E-state index in [2.05, 4.69) is 30.2 Å². The van der Waals surface area contributed by atoms with Crippen molar-refractivity contribution in [1.82, 2.24) is 24.9 Å². The molecule has 2 heterocycles. The molecule has 1 atom stereocenters. The van der Waals surface area contributed by atoms with Gasteiger partial charge in [0.25, 0.3) is 0 Å². The molecule has 10 heteroatoms. The molecule has 0 aliphatic rings. The van der Waals surface area contributed by atoms with Crippen molar-refractivity contribution in [1.29, 1.82) is 0 Å². The number of hydrogen-bond donors (Lipinski definition) is 2. The molecule has 0 aliphatic carbocycles. The van der Waals surface area contributed by atoms with Gasteiger partial charge in [0.15, 0.2) is 0 Å². The van der Waals surface area contributed by atoms with E-state index in [0.717, 1.165) is 5.69 Å². The molecule has 1 unspecified atom stereocenters. The van der Waals surface area contributed by atoms with Crippen molar-refractivity contribution in [3.63, 3.8) is 0 Å². The fourth-order valence-corrected chi connectivity index (χ4v) is 4.21. The molecule has 0 saturated carbocycles. The molecule has 32 heavy (non-hydrogen) atoms. The van der Waals surface area contributed by atoms with Gasteiger partial charge in [-0.3, -0.25) is 0 Å². The summed E-state index contributed by atoms with van der Waals surface area (Å²) in [6, 6.07) is 12.6. The smallest absolute Gasteiger partial charge is 0.242 e. The summed E-state index contributed by atoms with van der Waals surface area (Å²) in [7, 11) is -2.49. The summed E-state index contributed by atoms with van der Waals surface area (Å²) in [5, 5.41) is 12.1. The zero-order valence-electron chi connectivity index (χ0n) is 17.7. The van der Waals surface area contributed by atoms with Crippen LogP contribution in [0.3, 0.4) is 0 Å². The predicted molar refractivity (Wildman–Crippen MR) is 120 cm³/mol. The number of nitrogens with one attached hydrogen (secondary N) is 2. The van der Waals surface area contributed by atoms with Gasteiger partial charge in [0.05, 0.1) is 22.9 Å². The molecule has 2 N–H and O–H groups in total. The van der Waals surface area contributed by atoms with Gasteiger partial charge in [0, 0.05) is 5.39 Å². The second-order valence-corrected chi connectivity index (χ2v) is 9.13. The van der Waals surface area contributed by atoms with Crippen molar-refractivity contribution >= 4 is 26.7 Å². The second-order valence-electron chi connectivity index (χ2n) is 7.27. The van der Waals surface area contributed by atoms with Crippen molar-refractivity contribution in [2.45, 2.75) is 24.8 Å². The number of benzene rings is 2. The summed E-state index contributed by atoms with van der Waals surface area (Å²) in [5.74, 6) is 0.0673. The van der Waals surface area contributed by atoms with Crippen LogP contribution in [0.25, 0.3) is 22.0 Å². The van der Waals surface area contributed by atoms with E-state index in [1.807, 2.05) is 26.0 Å². The number of fused-ring (bicyclic) bond motifs is 1. The van der Waals surface area contributed by atoms with Crippen molar-refractivity contribution < 1.29 is 12.8 Å². The molecule has 4 aromatic rings. The van der Waals surface area contributed by atoms with Gasteiger partial charge in [-0.05, 0) is 68.4 Å². The van der Waals surface area contributed by atoms with Crippen molar-refractivity contribution in [2.75, 3.05) is 12.4 Å². The zero-order valence-corrected chi connectivity index (χ0v) is 18.5. The minimum atomic E-state index is -3.83. The van der Waals surface area contributed by atoms with Gasteiger partial charge >= 0.3 is 0 Å². The lowest BCUT2D eigenvalue weighted by atomic mass is 10.0. The summed E-state index contributed by atoms with van der Waals surface area (Å²) in [6.45, 7) is 3.76. The van der Waals surface area contributed by atoms with Crippen LogP contribution >= 0.6 is 0 Å². The Morgan fingerprint density at radius 1 is 0.969 bits per heavy atom. The molecule has 4 rings (SSSR count). The lowest BCUT2D eigenvalue weighted by Gasteiger charge is -2.17. The van der Waals surface area contributed by atoms with E-state index >= 15 is 0 Å². The normalized spacial score (nSPS) is 12.6. The average molecular weight is 453 g/mol. The standard InChI is InChI=1S/C22H21FN6O2S/c1-13-4-9-19(29-28-13)14(2)27-22-18-10-16(15-5-7-17(23)8-6-15)11-20(32(30,31)24-3)21(18)25-12-26-22/h4-12,14,24H,1-3H3,(H,25,26,27). The number of aryl methyl sites for hydroxylation is 1. The molecule has 2 aromatic carbocycles. The Morgan fingerprint density at radius 2 is 1.72 bits per heavy atom. The van der Waals surface area contributed by atoms with Gasteiger partial charge in [0.1, 0.15) is 22.9 Å². The molecule has 0 saturated heterocycles. The van der Waals surface area contributed by atoms with E-state index in [-0.39, 0.29) is 22.3 Å². The number of anilines is 1. The van der Waals surface area contributed by atoms with E-state index < -0.39 is 10.0 Å². The van der Waals surface area contributed by atoms with Gasteiger partial charge in [-0.25, -0.2) is 27.5 Å². The van der Waals surface area contributed by atoms with Crippen molar-refractivity contribution in [3.8, 4) is 11.1 Å². The molecule has 0 spiro atoms. The Hall–Kier alpha value is -3.50. The largest absolute Gasteiger partial charge is 0.361 e. The molecular weight excluding hydrogens is 431 g/mol. The van der Waals surface area contributed by atoms with E-state index in [4.69, 9.17) is 0 Å². The van der Waals surface area contributed by atoms with Crippen LogP contribution in [0.2, 0.25) is 0 Å². The van der Waals surface area contributed by atoms with E-state index in [0.29, 0.717) is 28.0 Å². The highest BCUT2D eigenvalue weighted by Crippen LogP contribution is 2.33. The minimum Gasteiger partial charge on any atom is -0.361 e. The molecular formula is C22H21FN6O2S. The van der Waals surface area contributed by atoms with E-state index in [9.17, 15) is 12.8 Å². The van der Waals surface area contributed by atoms with E-state index in [1.165, 1.54) is 31.6 Å². The maximum atomic E-state index is 13.4. The fraction of sp³-hybridized carbons (Fsp3) is 0.182. The first kappa shape index (κ1) is 21.7. The highest BCUT2D eigenvalue weighted by Gasteiger charge is 2.21. The Kier molecular flexibility index (Phi) is 5.81. The van der Waals surface area contributed by atoms with Gasteiger partial charge in [-0.15, -0.1) is 0 Å². The lowest BCUT2D eigenvalue weighted by Crippen LogP contribution is -2.19. The minimum absolute atomic E-state index is 0.00468. The Labute approximate surface area is 185 Å². The molecule has 0 amide bonds. The maximum absolute atomic E-state index is 13.4. The summed E-state index contributed by atoms with van der Waals surface area (Å²) in [4.78, 5) is 8.59. The Balaban J connectivity index is 1.88. The number of hydrogen-bond acceptors (Lipinski definition) is 7. The highest BCUT2D eigenvalue weighted by molar-refractivity contribution is 7.89. The maximum Gasteiger partial charge on any atom is 0.242 e. The first-order valence-electron chi connectivity index (χ1n) is 9.83. The summed E-state index contributed by atoms with van der Waals surface area (Å²) in [5.41, 5.74) is 3.03. The number of halogens is 1. The quantitative estimate of drug-likeness (QED) is 0.460. The molecule has 0 fully saturated rings. The van der Waals surface area contributed by atoms with Crippen LogP contribution in [0.5, 0.6) is 0 Å². The zero-order chi connectivity index (χ0) is 22.9. The van der Waals surface area contributed by atoms with Gasteiger partial charge in [-0.1, -0.05) is 12.1 Å². The predicted octanol–water partition coefficient (Wildman–Crippen LogP) is 3.62. The molecule has 2 aromatic heterocycles. The molecule has 0 bridgehead atoms. The van der Waals surface area contributed by atoms with Crippen molar-refractivity contribution in [2.24, 2.45) is 0 Å².